The molecule has 3 rings (SSSR count). The first-order valence-electron chi connectivity index (χ1n) is 12.5. The van der Waals surface area contributed by atoms with E-state index in [1.807, 2.05) is 26.0 Å². The Bertz CT molecular complexity index is 912. The van der Waals surface area contributed by atoms with Gasteiger partial charge in [0.1, 0.15) is 11.8 Å². The van der Waals surface area contributed by atoms with E-state index in [0.29, 0.717) is 13.0 Å². The Labute approximate surface area is 209 Å². The van der Waals surface area contributed by atoms with Crippen LogP contribution in [0.4, 0.5) is 0 Å². The summed E-state index contributed by atoms with van der Waals surface area (Å²) >= 11 is 0. The normalized spacial score (nSPS) is 17.0. The van der Waals surface area contributed by atoms with Gasteiger partial charge in [0.2, 0.25) is 5.91 Å². The van der Waals surface area contributed by atoms with E-state index >= 15 is 0 Å². The molecule has 0 bridgehead atoms. The maximum atomic E-state index is 13.0. The van der Waals surface area contributed by atoms with Crippen LogP contribution in [-0.2, 0) is 11.3 Å². The quantitative estimate of drug-likeness (QED) is 0.425. The van der Waals surface area contributed by atoms with Crippen LogP contribution in [0, 0.1) is 5.92 Å². The lowest BCUT2D eigenvalue weighted by atomic mass is 10.0. The second-order valence-corrected chi connectivity index (χ2v) is 10.0. The van der Waals surface area contributed by atoms with E-state index in [4.69, 9.17) is 9.15 Å². The zero-order valence-electron chi connectivity index (χ0n) is 21.5. The van der Waals surface area contributed by atoms with Crippen LogP contribution >= 0.6 is 0 Å². The molecule has 8 nitrogen and oxygen atoms in total. The maximum absolute atomic E-state index is 13.0. The number of amides is 2. The lowest BCUT2D eigenvalue weighted by molar-refractivity contribution is -0.124. The molecule has 1 aliphatic heterocycles. The number of carbonyl (C=O) groups excluding carboxylic acids is 2. The Morgan fingerprint density at radius 1 is 1.20 bits per heavy atom. The van der Waals surface area contributed by atoms with Gasteiger partial charge in [0.15, 0.2) is 5.76 Å². The minimum atomic E-state index is -0.591. The van der Waals surface area contributed by atoms with E-state index in [0.717, 1.165) is 44.8 Å². The highest BCUT2D eigenvalue weighted by Crippen LogP contribution is 2.18. The summed E-state index contributed by atoms with van der Waals surface area (Å²) in [5.41, 5.74) is 1.22. The van der Waals surface area contributed by atoms with Gasteiger partial charge in [-0.1, -0.05) is 26.0 Å². The lowest BCUT2D eigenvalue weighted by Gasteiger charge is -2.22. The first kappa shape index (κ1) is 26.8. The van der Waals surface area contributed by atoms with Crippen molar-refractivity contribution >= 4 is 11.8 Å². The average Bonchev–Trinajstić information content (AvgIpc) is 3.49. The number of nitrogens with one attached hydrogen (secondary N) is 2. The number of benzene rings is 1. The van der Waals surface area contributed by atoms with Crippen molar-refractivity contribution in [1.82, 2.24) is 20.4 Å². The van der Waals surface area contributed by atoms with Gasteiger partial charge in [0, 0.05) is 32.2 Å². The van der Waals surface area contributed by atoms with E-state index in [9.17, 15) is 9.59 Å². The number of hydrogen-bond acceptors (Lipinski definition) is 6. The number of likely N-dealkylation sites (tertiary alicyclic amines) is 1. The third kappa shape index (κ3) is 9.03. The molecule has 2 aromatic rings. The molecule has 0 unspecified atom stereocenters. The summed E-state index contributed by atoms with van der Waals surface area (Å²) in [5.74, 6) is 0.869. The molecule has 0 saturated carbocycles. The van der Waals surface area contributed by atoms with Crippen LogP contribution in [0.1, 0.15) is 49.2 Å². The molecule has 2 amide bonds. The molecule has 1 saturated heterocycles. The van der Waals surface area contributed by atoms with Gasteiger partial charge in [0.25, 0.3) is 5.91 Å². The van der Waals surface area contributed by atoms with E-state index in [1.54, 1.807) is 12.1 Å². The van der Waals surface area contributed by atoms with Gasteiger partial charge in [-0.3, -0.25) is 14.5 Å². The summed E-state index contributed by atoms with van der Waals surface area (Å²) in [4.78, 5) is 29.9. The van der Waals surface area contributed by atoms with Crippen molar-refractivity contribution in [2.45, 2.75) is 51.7 Å². The fourth-order valence-electron chi connectivity index (χ4n) is 4.26. The van der Waals surface area contributed by atoms with Crippen LogP contribution in [0.3, 0.4) is 0 Å². The minimum Gasteiger partial charge on any atom is -0.494 e. The summed E-state index contributed by atoms with van der Waals surface area (Å²) in [5, 5.41) is 5.98. The molecular formula is C27H40N4O4. The topological polar surface area (TPSA) is 87.0 Å². The van der Waals surface area contributed by atoms with Gasteiger partial charge in [-0.2, -0.15) is 0 Å². The first-order chi connectivity index (χ1) is 16.8. The van der Waals surface area contributed by atoms with Crippen LogP contribution in [0.15, 0.2) is 47.1 Å². The maximum Gasteiger partial charge on any atom is 0.287 e. The smallest absolute Gasteiger partial charge is 0.287 e. The number of furan rings is 1. The Morgan fingerprint density at radius 2 is 1.97 bits per heavy atom. The monoisotopic (exact) mass is 484 g/mol. The third-order valence-corrected chi connectivity index (χ3v) is 6.04. The molecule has 2 heterocycles. The summed E-state index contributed by atoms with van der Waals surface area (Å²) < 4.78 is 11.0. The second-order valence-electron chi connectivity index (χ2n) is 10.0. The Balaban J connectivity index is 1.45. The van der Waals surface area contributed by atoms with E-state index in [-0.39, 0.29) is 29.5 Å². The Morgan fingerprint density at radius 3 is 2.63 bits per heavy atom. The van der Waals surface area contributed by atoms with Crippen molar-refractivity contribution in [2.24, 2.45) is 5.92 Å². The molecule has 1 aromatic heterocycles. The highest BCUT2D eigenvalue weighted by atomic mass is 16.5. The van der Waals surface area contributed by atoms with E-state index in [2.05, 4.69) is 46.7 Å². The molecule has 1 fully saturated rings. The molecule has 1 aliphatic rings. The van der Waals surface area contributed by atoms with Gasteiger partial charge in [0.05, 0.1) is 12.9 Å². The molecule has 2 N–H and O–H groups in total. The van der Waals surface area contributed by atoms with Crippen LogP contribution in [0.25, 0.3) is 0 Å². The van der Waals surface area contributed by atoms with Crippen molar-refractivity contribution in [3.8, 4) is 5.75 Å². The Hall–Kier alpha value is -2.84. The predicted molar refractivity (Wildman–Crippen MR) is 136 cm³/mol. The molecule has 2 atom stereocenters. The third-order valence-electron chi connectivity index (χ3n) is 6.04. The van der Waals surface area contributed by atoms with Gasteiger partial charge < -0.3 is 24.7 Å². The largest absolute Gasteiger partial charge is 0.494 e. The zero-order valence-corrected chi connectivity index (χ0v) is 21.5. The van der Waals surface area contributed by atoms with Crippen molar-refractivity contribution in [3.63, 3.8) is 0 Å². The van der Waals surface area contributed by atoms with Gasteiger partial charge in [-0.05, 0) is 69.1 Å². The van der Waals surface area contributed by atoms with Gasteiger partial charge in [-0.25, -0.2) is 0 Å². The molecule has 192 valence electrons. The molecule has 0 aliphatic carbocycles. The molecular weight excluding hydrogens is 444 g/mol. The number of ether oxygens (including phenoxy) is 1. The van der Waals surface area contributed by atoms with Crippen LogP contribution in [-0.4, -0.2) is 74.0 Å². The molecule has 1 aromatic carbocycles. The minimum absolute atomic E-state index is 0.0666. The SMILES string of the molecule is CC(C)C[C@H](NC(=O)c1ccco1)C(=O)N[C@H]1CCN(Cc2ccc(OCCCN(C)C)cc2)C1. The van der Waals surface area contributed by atoms with Crippen LogP contribution in [0.5, 0.6) is 5.75 Å². The molecule has 35 heavy (non-hydrogen) atoms. The molecule has 0 radical (unpaired) electrons. The van der Waals surface area contributed by atoms with Crippen LogP contribution < -0.4 is 15.4 Å². The van der Waals surface area contributed by atoms with Crippen molar-refractivity contribution < 1.29 is 18.7 Å². The van der Waals surface area contributed by atoms with Crippen molar-refractivity contribution in [1.29, 1.82) is 0 Å². The highest BCUT2D eigenvalue weighted by molar-refractivity contribution is 5.95. The molecule has 8 heteroatoms. The van der Waals surface area contributed by atoms with E-state index < -0.39 is 6.04 Å². The first-order valence-corrected chi connectivity index (χ1v) is 12.5. The lowest BCUT2D eigenvalue weighted by Crippen LogP contribution is -2.50. The highest BCUT2D eigenvalue weighted by Gasteiger charge is 2.29. The summed E-state index contributed by atoms with van der Waals surface area (Å²) in [6, 6.07) is 11.0. The Kier molecular flexibility index (Phi) is 10.2. The van der Waals surface area contributed by atoms with Crippen molar-refractivity contribution in [2.75, 3.05) is 40.3 Å². The standard InChI is InChI=1S/C27H40N4O4/c1-20(2)17-24(29-27(33)25-7-5-15-35-25)26(32)28-22-12-14-31(19-22)18-21-8-10-23(11-9-21)34-16-6-13-30(3)4/h5,7-11,15,20,22,24H,6,12-14,16-19H2,1-4H3,(H,28,32)(H,29,33)/t22-,24-/m0/s1. The summed E-state index contributed by atoms with van der Waals surface area (Å²) in [7, 11) is 4.13. The zero-order chi connectivity index (χ0) is 25.2. The fraction of sp³-hybridized carbons (Fsp3) is 0.556. The van der Waals surface area contributed by atoms with E-state index in [1.165, 1.54) is 11.8 Å². The number of hydrogen-bond donors (Lipinski definition) is 2. The van der Waals surface area contributed by atoms with Gasteiger partial charge >= 0.3 is 0 Å². The molecule has 0 spiro atoms. The summed E-state index contributed by atoms with van der Waals surface area (Å²) in [6.07, 6.45) is 3.91. The fourth-order valence-corrected chi connectivity index (χ4v) is 4.26. The number of carbonyl (C=O) groups is 2. The number of nitrogens with zero attached hydrogens (tertiary/aromatic N) is 2. The predicted octanol–water partition coefficient (Wildman–Crippen LogP) is 3.15. The average molecular weight is 485 g/mol. The second kappa shape index (κ2) is 13.3. The van der Waals surface area contributed by atoms with Crippen LogP contribution in [0.2, 0.25) is 0 Å². The van der Waals surface area contributed by atoms with Gasteiger partial charge in [-0.15, -0.1) is 0 Å². The number of rotatable bonds is 13. The summed E-state index contributed by atoms with van der Waals surface area (Å²) in [6.45, 7) is 8.34. The van der Waals surface area contributed by atoms with Crippen molar-refractivity contribution in [3.05, 3.63) is 54.0 Å².